The summed E-state index contributed by atoms with van der Waals surface area (Å²) in [4.78, 5) is 0. The van der Waals surface area contributed by atoms with Crippen molar-refractivity contribution < 1.29 is 4.74 Å². The van der Waals surface area contributed by atoms with E-state index in [0.717, 1.165) is 38.3 Å². The van der Waals surface area contributed by atoms with E-state index in [0.29, 0.717) is 6.10 Å². The highest BCUT2D eigenvalue weighted by Gasteiger charge is 2.23. The molecule has 0 aromatic carbocycles. The monoisotopic (exact) mass is 266 g/mol. The Morgan fingerprint density at radius 2 is 2.21 bits per heavy atom. The molecule has 1 saturated carbocycles. The Bertz CT molecular complexity index is 287. The van der Waals surface area contributed by atoms with Crippen LogP contribution >= 0.6 is 0 Å². The van der Waals surface area contributed by atoms with Gasteiger partial charge in [0, 0.05) is 6.61 Å². The van der Waals surface area contributed by atoms with Gasteiger partial charge in [-0.05, 0) is 51.5 Å². The first-order valence-electron chi connectivity index (χ1n) is 7.87. The summed E-state index contributed by atoms with van der Waals surface area (Å²) in [6.45, 7) is 8.13. The zero-order valence-corrected chi connectivity index (χ0v) is 12.9. The van der Waals surface area contributed by atoms with Gasteiger partial charge in [0.1, 0.15) is 5.54 Å². The molecule has 19 heavy (non-hydrogen) atoms. The Balaban J connectivity index is 2.16. The van der Waals surface area contributed by atoms with Crippen molar-refractivity contribution in [3.8, 4) is 6.07 Å². The van der Waals surface area contributed by atoms with Crippen LogP contribution in [0.4, 0.5) is 0 Å². The zero-order chi connectivity index (χ0) is 14.1. The molecule has 1 N–H and O–H groups in total. The second kappa shape index (κ2) is 8.55. The molecule has 0 bridgehead atoms. The summed E-state index contributed by atoms with van der Waals surface area (Å²) in [7, 11) is 0. The first-order chi connectivity index (χ1) is 9.09. The molecule has 0 heterocycles. The molecule has 0 aliphatic heterocycles. The summed E-state index contributed by atoms with van der Waals surface area (Å²) >= 11 is 0. The number of hydrogen-bond donors (Lipinski definition) is 1. The van der Waals surface area contributed by atoms with Crippen molar-refractivity contribution in [1.29, 1.82) is 5.26 Å². The molecule has 0 saturated heterocycles. The van der Waals surface area contributed by atoms with Crippen molar-refractivity contribution >= 4 is 0 Å². The van der Waals surface area contributed by atoms with E-state index >= 15 is 0 Å². The first-order valence-corrected chi connectivity index (χ1v) is 7.87. The summed E-state index contributed by atoms with van der Waals surface area (Å²) in [5.74, 6) is 0.814. The topological polar surface area (TPSA) is 45.0 Å². The highest BCUT2D eigenvalue weighted by molar-refractivity contribution is 5.03. The molecule has 1 aliphatic carbocycles. The van der Waals surface area contributed by atoms with Crippen LogP contribution in [0.5, 0.6) is 0 Å². The van der Waals surface area contributed by atoms with Crippen LogP contribution in [-0.4, -0.2) is 24.8 Å². The van der Waals surface area contributed by atoms with E-state index in [1.165, 1.54) is 25.7 Å². The van der Waals surface area contributed by atoms with Crippen molar-refractivity contribution in [1.82, 2.24) is 5.32 Å². The number of nitrogens with zero attached hydrogens (tertiary/aromatic N) is 1. The number of rotatable bonds is 8. The molecular weight excluding hydrogens is 236 g/mol. The predicted molar refractivity (Wildman–Crippen MR) is 78.9 cm³/mol. The van der Waals surface area contributed by atoms with Gasteiger partial charge in [0.15, 0.2) is 0 Å². The van der Waals surface area contributed by atoms with E-state index in [4.69, 9.17) is 4.74 Å². The van der Waals surface area contributed by atoms with E-state index in [2.05, 4.69) is 25.2 Å². The van der Waals surface area contributed by atoms with Crippen LogP contribution in [0.25, 0.3) is 0 Å². The molecule has 3 unspecified atom stereocenters. The summed E-state index contributed by atoms with van der Waals surface area (Å²) in [6, 6.07) is 2.39. The van der Waals surface area contributed by atoms with Crippen molar-refractivity contribution in [3.05, 3.63) is 0 Å². The SMILES string of the molecule is CCCNC(C)(C#N)CCCOC1CCCC(C)C1. The van der Waals surface area contributed by atoms with E-state index < -0.39 is 0 Å². The quantitative estimate of drug-likeness (QED) is 0.682. The van der Waals surface area contributed by atoms with E-state index in [1.807, 2.05) is 6.92 Å². The fourth-order valence-corrected chi connectivity index (χ4v) is 2.79. The van der Waals surface area contributed by atoms with Crippen LogP contribution in [0.3, 0.4) is 0 Å². The maximum absolute atomic E-state index is 9.24. The van der Waals surface area contributed by atoms with Crippen LogP contribution in [0.15, 0.2) is 0 Å². The van der Waals surface area contributed by atoms with Crippen molar-refractivity contribution in [2.24, 2.45) is 5.92 Å². The first kappa shape index (κ1) is 16.5. The second-order valence-corrected chi connectivity index (χ2v) is 6.24. The Kier molecular flexibility index (Phi) is 7.41. The van der Waals surface area contributed by atoms with E-state index in [-0.39, 0.29) is 5.54 Å². The lowest BCUT2D eigenvalue weighted by Gasteiger charge is -2.27. The summed E-state index contributed by atoms with van der Waals surface area (Å²) in [5.41, 5.74) is -0.390. The van der Waals surface area contributed by atoms with E-state index in [1.54, 1.807) is 0 Å². The van der Waals surface area contributed by atoms with Crippen LogP contribution in [0.2, 0.25) is 0 Å². The third-order valence-corrected chi connectivity index (χ3v) is 4.07. The molecule has 3 atom stereocenters. The maximum Gasteiger partial charge on any atom is 0.104 e. The van der Waals surface area contributed by atoms with Gasteiger partial charge in [0.05, 0.1) is 12.2 Å². The molecule has 0 aromatic heterocycles. The highest BCUT2D eigenvalue weighted by atomic mass is 16.5. The van der Waals surface area contributed by atoms with Crippen LogP contribution in [0.1, 0.15) is 65.7 Å². The number of nitrogens with one attached hydrogen (secondary N) is 1. The molecule has 0 amide bonds. The van der Waals surface area contributed by atoms with Gasteiger partial charge in [-0.3, -0.25) is 5.32 Å². The lowest BCUT2D eigenvalue weighted by atomic mass is 9.89. The lowest BCUT2D eigenvalue weighted by Crippen LogP contribution is -2.41. The number of nitriles is 1. The Morgan fingerprint density at radius 1 is 1.42 bits per heavy atom. The molecular formula is C16H30N2O. The third-order valence-electron chi connectivity index (χ3n) is 4.07. The zero-order valence-electron chi connectivity index (χ0n) is 12.9. The van der Waals surface area contributed by atoms with Gasteiger partial charge in [-0.2, -0.15) is 5.26 Å². The largest absolute Gasteiger partial charge is 0.378 e. The molecule has 0 radical (unpaired) electrons. The Hall–Kier alpha value is -0.590. The minimum Gasteiger partial charge on any atom is -0.378 e. The van der Waals surface area contributed by atoms with E-state index in [9.17, 15) is 5.26 Å². The van der Waals surface area contributed by atoms with Gasteiger partial charge in [-0.15, -0.1) is 0 Å². The fourth-order valence-electron chi connectivity index (χ4n) is 2.79. The smallest absolute Gasteiger partial charge is 0.104 e. The number of hydrogen-bond acceptors (Lipinski definition) is 3. The molecule has 3 nitrogen and oxygen atoms in total. The minimum absolute atomic E-state index is 0.390. The highest BCUT2D eigenvalue weighted by Crippen LogP contribution is 2.26. The van der Waals surface area contributed by atoms with Gasteiger partial charge in [0.25, 0.3) is 0 Å². The van der Waals surface area contributed by atoms with Crippen molar-refractivity contribution in [3.63, 3.8) is 0 Å². The Labute approximate surface area is 118 Å². The van der Waals surface area contributed by atoms with Crippen molar-refractivity contribution in [2.45, 2.75) is 77.4 Å². The molecule has 0 spiro atoms. The molecule has 0 aromatic rings. The third kappa shape index (κ3) is 6.40. The van der Waals surface area contributed by atoms with Gasteiger partial charge in [-0.25, -0.2) is 0 Å². The summed E-state index contributed by atoms with van der Waals surface area (Å²) < 4.78 is 5.96. The lowest BCUT2D eigenvalue weighted by molar-refractivity contribution is 0.0124. The molecule has 1 rings (SSSR count). The predicted octanol–water partition coefficient (Wildman–Crippen LogP) is 3.64. The van der Waals surface area contributed by atoms with Gasteiger partial charge >= 0.3 is 0 Å². The standard InChI is InChI=1S/C16H30N2O/c1-4-10-18-16(3,13-17)9-6-11-19-15-8-5-7-14(2)12-15/h14-15,18H,4-12H2,1-3H3. The normalized spacial score (nSPS) is 26.6. The fraction of sp³-hybridized carbons (Fsp3) is 0.938. The van der Waals surface area contributed by atoms with Gasteiger partial charge in [0.2, 0.25) is 0 Å². The molecule has 1 aliphatic rings. The minimum atomic E-state index is -0.390. The number of ether oxygens (including phenoxy) is 1. The summed E-state index contributed by atoms with van der Waals surface area (Å²) in [5, 5.41) is 12.6. The average molecular weight is 266 g/mol. The van der Waals surface area contributed by atoms with Crippen LogP contribution in [0, 0.1) is 17.2 Å². The maximum atomic E-state index is 9.24. The van der Waals surface area contributed by atoms with Gasteiger partial charge < -0.3 is 4.74 Å². The molecule has 1 fully saturated rings. The van der Waals surface area contributed by atoms with Crippen molar-refractivity contribution in [2.75, 3.05) is 13.2 Å². The second-order valence-electron chi connectivity index (χ2n) is 6.24. The molecule has 3 heteroatoms. The summed E-state index contributed by atoms with van der Waals surface area (Å²) in [6.07, 6.45) is 8.44. The average Bonchev–Trinajstić information content (AvgIpc) is 2.42. The Morgan fingerprint density at radius 3 is 2.84 bits per heavy atom. The van der Waals surface area contributed by atoms with Gasteiger partial charge in [-0.1, -0.05) is 26.7 Å². The van der Waals surface area contributed by atoms with Crippen LogP contribution in [-0.2, 0) is 4.74 Å². The van der Waals surface area contributed by atoms with Crippen LogP contribution < -0.4 is 5.32 Å². The molecule has 110 valence electrons.